The fourth-order valence-corrected chi connectivity index (χ4v) is 1.68. The fraction of sp³-hybridized carbons (Fsp3) is 0.500. The van der Waals surface area contributed by atoms with E-state index in [0.29, 0.717) is 6.54 Å². The first-order chi connectivity index (χ1) is 8.84. The number of carbonyl (C=O) groups excluding carboxylic acids is 1. The van der Waals surface area contributed by atoms with E-state index in [1.807, 2.05) is 20.8 Å². The highest BCUT2D eigenvalue weighted by Gasteiger charge is 2.17. The van der Waals surface area contributed by atoms with Crippen LogP contribution in [0.4, 0.5) is 4.39 Å². The maximum absolute atomic E-state index is 13.0. The molecular weight excluding hydrogens is 267 g/mol. The van der Waals surface area contributed by atoms with Gasteiger partial charge in [-0.25, -0.2) is 4.39 Å². The van der Waals surface area contributed by atoms with Gasteiger partial charge in [0.2, 0.25) is 5.91 Å². The zero-order valence-electron chi connectivity index (χ0n) is 11.5. The molecule has 1 amide bonds. The van der Waals surface area contributed by atoms with Crippen LogP contribution in [0, 0.1) is 5.82 Å². The molecule has 0 spiro atoms. The molecule has 1 aromatic carbocycles. The summed E-state index contributed by atoms with van der Waals surface area (Å²) in [5.74, 6) is -0.493. The SMILES string of the molecule is CCC(C)(C)NC(=O)CNCc1ccc(F)c(Cl)c1. The molecule has 0 saturated heterocycles. The highest BCUT2D eigenvalue weighted by molar-refractivity contribution is 6.30. The van der Waals surface area contributed by atoms with Crippen LogP contribution in [-0.4, -0.2) is 18.0 Å². The first kappa shape index (κ1) is 15.9. The third-order valence-corrected chi connectivity index (χ3v) is 3.25. The summed E-state index contributed by atoms with van der Waals surface area (Å²) in [4.78, 5) is 11.7. The largest absolute Gasteiger partial charge is 0.350 e. The molecule has 0 unspecified atom stereocenters. The highest BCUT2D eigenvalue weighted by atomic mass is 35.5. The second-order valence-corrected chi connectivity index (χ2v) is 5.54. The number of hydrogen-bond acceptors (Lipinski definition) is 2. The minimum Gasteiger partial charge on any atom is -0.350 e. The van der Waals surface area contributed by atoms with Crippen LogP contribution in [0.3, 0.4) is 0 Å². The van der Waals surface area contributed by atoms with Crippen molar-refractivity contribution >= 4 is 17.5 Å². The van der Waals surface area contributed by atoms with Crippen LogP contribution in [0.25, 0.3) is 0 Å². The van der Waals surface area contributed by atoms with Gasteiger partial charge in [-0.1, -0.05) is 24.6 Å². The van der Waals surface area contributed by atoms with E-state index in [1.165, 1.54) is 6.07 Å². The van der Waals surface area contributed by atoms with Crippen LogP contribution in [0.5, 0.6) is 0 Å². The van der Waals surface area contributed by atoms with Crippen LogP contribution in [0.1, 0.15) is 32.8 Å². The van der Waals surface area contributed by atoms with Gasteiger partial charge in [-0.3, -0.25) is 4.79 Å². The van der Waals surface area contributed by atoms with Gasteiger partial charge in [0.25, 0.3) is 0 Å². The molecule has 0 heterocycles. The van der Waals surface area contributed by atoms with Gasteiger partial charge in [0.05, 0.1) is 11.6 Å². The van der Waals surface area contributed by atoms with Crippen molar-refractivity contribution in [2.75, 3.05) is 6.54 Å². The van der Waals surface area contributed by atoms with Gasteiger partial charge in [-0.05, 0) is 38.0 Å². The quantitative estimate of drug-likeness (QED) is 0.844. The van der Waals surface area contributed by atoms with Gasteiger partial charge in [0, 0.05) is 12.1 Å². The van der Waals surface area contributed by atoms with Gasteiger partial charge < -0.3 is 10.6 Å². The predicted molar refractivity (Wildman–Crippen MR) is 75.6 cm³/mol. The first-order valence-electron chi connectivity index (χ1n) is 6.29. The van der Waals surface area contributed by atoms with Crippen molar-refractivity contribution < 1.29 is 9.18 Å². The second kappa shape index (κ2) is 6.87. The van der Waals surface area contributed by atoms with E-state index in [2.05, 4.69) is 10.6 Å². The molecule has 3 nitrogen and oxygen atoms in total. The molecule has 0 atom stereocenters. The number of amides is 1. The molecule has 0 aliphatic carbocycles. The molecule has 0 fully saturated rings. The molecule has 1 rings (SSSR count). The summed E-state index contributed by atoms with van der Waals surface area (Å²) in [5, 5.41) is 6.02. The maximum atomic E-state index is 13.0. The van der Waals surface area contributed by atoms with Crippen LogP contribution in [0.15, 0.2) is 18.2 Å². The Morgan fingerprint density at radius 2 is 2.11 bits per heavy atom. The average Bonchev–Trinajstić information content (AvgIpc) is 2.33. The Bertz CT molecular complexity index is 449. The molecule has 19 heavy (non-hydrogen) atoms. The van der Waals surface area contributed by atoms with Crippen molar-refractivity contribution in [2.45, 2.75) is 39.3 Å². The summed E-state index contributed by atoms with van der Waals surface area (Å²) < 4.78 is 13.0. The summed E-state index contributed by atoms with van der Waals surface area (Å²) in [6.07, 6.45) is 0.867. The predicted octanol–water partition coefficient (Wildman–Crippen LogP) is 2.87. The van der Waals surface area contributed by atoms with Gasteiger partial charge in [-0.2, -0.15) is 0 Å². The lowest BCUT2D eigenvalue weighted by Gasteiger charge is -2.24. The third-order valence-electron chi connectivity index (χ3n) is 2.96. The van der Waals surface area contributed by atoms with Crippen LogP contribution in [-0.2, 0) is 11.3 Å². The molecule has 0 aliphatic rings. The molecule has 0 aliphatic heterocycles. The lowest BCUT2D eigenvalue weighted by molar-refractivity contribution is -0.121. The minimum atomic E-state index is -0.437. The van der Waals surface area contributed by atoms with E-state index in [-0.39, 0.29) is 23.0 Å². The summed E-state index contributed by atoms with van der Waals surface area (Å²) in [5.41, 5.74) is 0.645. The Kier molecular flexibility index (Phi) is 5.76. The Balaban J connectivity index is 2.38. The summed E-state index contributed by atoms with van der Waals surface area (Å²) in [6.45, 7) is 6.67. The molecule has 0 saturated carbocycles. The van der Waals surface area contributed by atoms with Gasteiger partial charge in [0.1, 0.15) is 5.82 Å². The van der Waals surface area contributed by atoms with Crippen molar-refractivity contribution in [1.29, 1.82) is 0 Å². The smallest absolute Gasteiger partial charge is 0.234 e. The van der Waals surface area contributed by atoms with Crippen molar-refractivity contribution in [2.24, 2.45) is 0 Å². The zero-order valence-corrected chi connectivity index (χ0v) is 12.3. The second-order valence-electron chi connectivity index (χ2n) is 5.14. The Morgan fingerprint density at radius 3 is 2.68 bits per heavy atom. The third kappa shape index (κ3) is 5.57. The van der Waals surface area contributed by atoms with Crippen LogP contribution in [0.2, 0.25) is 5.02 Å². The summed E-state index contributed by atoms with van der Waals surface area (Å²) in [7, 11) is 0. The van der Waals surface area contributed by atoms with Crippen molar-refractivity contribution in [3.63, 3.8) is 0 Å². The lowest BCUT2D eigenvalue weighted by atomic mass is 10.0. The molecule has 0 radical (unpaired) electrons. The molecule has 0 bridgehead atoms. The Morgan fingerprint density at radius 1 is 1.42 bits per heavy atom. The number of carbonyl (C=O) groups is 1. The average molecular weight is 287 g/mol. The zero-order chi connectivity index (χ0) is 14.5. The monoisotopic (exact) mass is 286 g/mol. The Labute approximate surface area is 118 Å². The normalized spacial score (nSPS) is 11.4. The minimum absolute atomic E-state index is 0.0555. The molecule has 2 N–H and O–H groups in total. The number of rotatable bonds is 6. The Hall–Kier alpha value is -1.13. The molecular formula is C14H20ClFN2O. The number of nitrogens with one attached hydrogen (secondary N) is 2. The first-order valence-corrected chi connectivity index (χ1v) is 6.67. The lowest BCUT2D eigenvalue weighted by Crippen LogP contribution is -2.46. The van der Waals surface area contributed by atoms with E-state index >= 15 is 0 Å². The maximum Gasteiger partial charge on any atom is 0.234 e. The van der Waals surface area contributed by atoms with Gasteiger partial charge in [-0.15, -0.1) is 0 Å². The van der Waals surface area contributed by atoms with Gasteiger partial charge in [0.15, 0.2) is 0 Å². The van der Waals surface area contributed by atoms with E-state index in [0.717, 1.165) is 12.0 Å². The van der Waals surface area contributed by atoms with E-state index in [4.69, 9.17) is 11.6 Å². The van der Waals surface area contributed by atoms with E-state index < -0.39 is 5.82 Å². The highest BCUT2D eigenvalue weighted by Crippen LogP contribution is 2.15. The summed E-state index contributed by atoms with van der Waals surface area (Å²) in [6, 6.07) is 4.51. The van der Waals surface area contributed by atoms with Crippen LogP contribution >= 0.6 is 11.6 Å². The van der Waals surface area contributed by atoms with Crippen molar-refractivity contribution in [3.8, 4) is 0 Å². The number of halogens is 2. The van der Waals surface area contributed by atoms with E-state index in [1.54, 1.807) is 12.1 Å². The fourth-order valence-electron chi connectivity index (χ4n) is 1.48. The van der Waals surface area contributed by atoms with E-state index in [9.17, 15) is 9.18 Å². The van der Waals surface area contributed by atoms with Crippen LogP contribution < -0.4 is 10.6 Å². The number of hydrogen-bond donors (Lipinski definition) is 2. The molecule has 1 aromatic rings. The summed E-state index contributed by atoms with van der Waals surface area (Å²) >= 11 is 5.68. The topological polar surface area (TPSA) is 41.1 Å². The van der Waals surface area contributed by atoms with Crippen molar-refractivity contribution in [3.05, 3.63) is 34.6 Å². The molecule has 106 valence electrons. The van der Waals surface area contributed by atoms with Crippen molar-refractivity contribution in [1.82, 2.24) is 10.6 Å². The molecule has 5 heteroatoms. The molecule has 0 aromatic heterocycles. The standard InChI is InChI=1S/C14H20ClFN2O/c1-4-14(2,3)18-13(19)9-17-8-10-5-6-12(16)11(15)7-10/h5-7,17H,4,8-9H2,1-3H3,(H,18,19). The van der Waals surface area contributed by atoms with Gasteiger partial charge >= 0.3 is 0 Å². The number of benzene rings is 1.